The van der Waals surface area contributed by atoms with Crippen LogP contribution in [0.4, 0.5) is 11.5 Å². The molecule has 166 valence electrons. The second kappa shape index (κ2) is 10.0. The fourth-order valence-electron chi connectivity index (χ4n) is 4.13. The number of benzene rings is 2. The second-order valence-electron chi connectivity index (χ2n) is 8.16. The quantitative estimate of drug-likeness (QED) is 0.398. The number of carboxylic acid groups (broad SMARTS) is 1. The molecule has 2 aromatic carbocycles. The summed E-state index contributed by atoms with van der Waals surface area (Å²) in [5, 5.41) is 20.5. The smallest absolute Gasteiger partial charge is 0.307 e. The molecule has 0 spiro atoms. The van der Waals surface area contributed by atoms with Crippen LogP contribution >= 0.6 is 11.6 Å². The number of carboxylic acids is 1. The van der Waals surface area contributed by atoms with Gasteiger partial charge in [-0.3, -0.25) is 4.79 Å². The highest BCUT2D eigenvalue weighted by molar-refractivity contribution is 6.31. The molecule has 1 aliphatic rings. The largest absolute Gasteiger partial charge is 0.481 e. The molecule has 3 aromatic rings. The van der Waals surface area contributed by atoms with Crippen LogP contribution in [-0.2, 0) is 11.2 Å². The molecular weight excluding hydrogens is 424 g/mol. The van der Waals surface area contributed by atoms with Crippen LogP contribution in [-0.4, -0.2) is 35.2 Å². The van der Waals surface area contributed by atoms with E-state index in [1.807, 2.05) is 36.4 Å². The summed E-state index contributed by atoms with van der Waals surface area (Å²) in [4.78, 5) is 15.6. The summed E-state index contributed by atoms with van der Waals surface area (Å²) in [6.45, 7) is 3.54. The van der Waals surface area contributed by atoms with E-state index >= 15 is 0 Å². The van der Waals surface area contributed by atoms with Crippen molar-refractivity contribution in [2.24, 2.45) is 0 Å². The highest BCUT2D eigenvalue weighted by Crippen LogP contribution is 2.30. The molecule has 0 saturated carbocycles. The molecule has 1 aliphatic heterocycles. The van der Waals surface area contributed by atoms with Crippen molar-refractivity contribution in [3.8, 4) is 0 Å². The lowest BCUT2D eigenvalue weighted by molar-refractivity contribution is -0.136. The summed E-state index contributed by atoms with van der Waals surface area (Å²) in [5.41, 5.74) is 3.89. The summed E-state index contributed by atoms with van der Waals surface area (Å²) in [5.74, 6) is 0.103. The van der Waals surface area contributed by atoms with Crippen LogP contribution in [0.5, 0.6) is 0 Å². The molecule has 0 unspecified atom stereocenters. The molecule has 0 saturated heterocycles. The van der Waals surface area contributed by atoms with E-state index in [1.54, 1.807) is 18.3 Å². The van der Waals surface area contributed by atoms with Crippen molar-refractivity contribution in [1.29, 1.82) is 0 Å². The number of pyridine rings is 1. The number of fused-ring (bicyclic) bond motifs is 1. The van der Waals surface area contributed by atoms with Crippen LogP contribution in [0.2, 0.25) is 5.02 Å². The van der Waals surface area contributed by atoms with Crippen molar-refractivity contribution in [1.82, 2.24) is 10.3 Å². The van der Waals surface area contributed by atoms with Crippen molar-refractivity contribution in [3.63, 3.8) is 0 Å². The van der Waals surface area contributed by atoms with Crippen molar-refractivity contribution in [2.75, 3.05) is 23.7 Å². The van der Waals surface area contributed by atoms with Gasteiger partial charge in [0.05, 0.1) is 24.2 Å². The van der Waals surface area contributed by atoms with E-state index in [2.05, 4.69) is 40.0 Å². The Hall–Kier alpha value is -3.09. The minimum absolute atomic E-state index is 0.0129. The first-order valence-corrected chi connectivity index (χ1v) is 11.1. The number of carbonyl (C=O) groups is 1. The number of hydrogen-bond donors (Lipinski definition) is 4. The maximum absolute atomic E-state index is 11.1. The molecule has 1 aromatic heterocycles. The van der Waals surface area contributed by atoms with Crippen molar-refractivity contribution >= 4 is 29.1 Å². The van der Waals surface area contributed by atoms with E-state index < -0.39 is 5.97 Å². The molecule has 7 heteroatoms. The van der Waals surface area contributed by atoms with Gasteiger partial charge in [0.2, 0.25) is 0 Å². The minimum atomic E-state index is -0.849. The van der Waals surface area contributed by atoms with E-state index in [4.69, 9.17) is 16.7 Å². The number of anilines is 2. The van der Waals surface area contributed by atoms with Gasteiger partial charge in [0, 0.05) is 24.3 Å². The molecule has 0 amide bonds. The third kappa shape index (κ3) is 5.21. The van der Waals surface area contributed by atoms with Gasteiger partial charge >= 0.3 is 5.97 Å². The Morgan fingerprint density at radius 1 is 1.22 bits per heavy atom. The fourth-order valence-corrected chi connectivity index (χ4v) is 4.44. The number of hydrogen-bond acceptors (Lipinski definition) is 5. The molecule has 0 fully saturated rings. The number of aliphatic carboxylic acids is 1. The standard InChI is InChI=1S/C25H27ClN4O2/c1-16(19-12-17(13-23(31)32)9-10-20(19)26)14-29-24(18-6-3-2-4-7-18)22-15-28-21-8-5-11-27-25(21)30-22/h2-12,16,22,24,28-29H,13-15H2,1H3,(H,27,30)(H,31,32)/t16-,22+,24+/m0/s1. The Kier molecular flexibility index (Phi) is 6.93. The van der Waals surface area contributed by atoms with Crippen molar-refractivity contribution in [2.45, 2.75) is 31.3 Å². The SMILES string of the molecule is C[C@@H](CN[C@H](c1ccccc1)[C@H]1CNc2cccnc2N1)c1cc(CC(=O)O)ccc1Cl. The molecule has 3 atom stereocenters. The molecule has 0 radical (unpaired) electrons. The average molecular weight is 451 g/mol. The Labute approximate surface area is 193 Å². The van der Waals surface area contributed by atoms with E-state index in [-0.39, 0.29) is 24.4 Å². The van der Waals surface area contributed by atoms with E-state index in [1.165, 1.54) is 5.56 Å². The lowest BCUT2D eigenvalue weighted by atomic mass is 9.94. The Morgan fingerprint density at radius 3 is 2.81 bits per heavy atom. The molecule has 32 heavy (non-hydrogen) atoms. The molecule has 2 heterocycles. The average Bonchev–Trinajstić information content (AvgIpc) is 2.80. The molecule has 0 aliphatic carbocycles. The first kappa shape index (κ1) is 22.1. The predicted molar refractivity (Wildman–Crippen MR) is 129 cm³/mol. The summed E-state index contributed by atoms with van der Waals surface area (Å²) < 4.78 is 0. The lowest BCUT2D eigenvalue weighted by Gasteiger charge is -2.35. The number of halogens is 1. The summed E-state index contributed by atoms with van der Waals surface area (Å²) >= 11 is 6.46. The molecule has 4 N–H and O–H groups in total. The van der Waals surface area contributed by atoms with Crippen molar-refractivity contribution in [3.05, 3.63) is 88.6 Å². The topological polar surface area (TPSA) is 86.3 Å². The van der Waals surface area contributed by atoms with Crippen LogP contribution in [0.25, 0.3) is 0 Å². The van der Waals surface area contributed by atoms with Crippen LogP contribution in [0.3, 0.4) is 0 Å². The molecule has 4 rings (SSSR count). The van der Waals surface area contributed by atoms with Crippen molar-refractivity contribution < 1.29 is 9.90 Å². The van der Waals surface area contributed by atoms with Crippen LogP contribution < -0.4 is 16.0 Å². The van der Waals surface area contributed by atoms with Gasteiger partial charge in [-0.25, -0.2) is 4.98 Å². The zero-order valence-corrected chi connectivity index (χ0v) is 18.6. The van der Waals surface area contributed by atoms with E-state index in [0.29, 0.717) is 11.6 Å². The first-order chi connectivity index (χ1) is 15.5. The molecular formula is C25H27ClN4O2. The normalized spacial score (nSPS) is 16.9. The van der Waals surface area contributed by atoms with Gasteiger partial charge in [-0.2, -0.15) is 0 Å². The zero-order chi connectivity index (χ0) is 22.5. The third-order valence-electron chi connectivity index (χ3n) is 5.79. The maximum Gasteiger partial charge on any atom is 0.307 e. The predicted octanol–water partition coefficient (Wildman–Crippen LogP) is 4.70. The maximum atomic E-state index is 11.1. The fraction of sp³-hybridized carbons (Fsp3) is 0.280. The van der Waals surface area contributed by atoms with E-state index in [9.17, 15) is 4.79 Å². The van der Waals surface area contributed by atoms with Crippen LogP contribution in [0, 0.1) is 0 Å². The first-order valence-electron chi connectivity index (χ1n) is 10.7. The summed E-state index contributed by atoms with van der Waals surface area (Å²) in [7, 11) is 0. The number of nitrogens with one attached hydrogen (secondary N) is 3. The number of rotatable bonds is 8. The minimum Gasteiger partial charge on any atom is -0.481 e. The van der Waals surface area contributed by atoms with Crippen LogP contribution in [0.1, 0.15) is 35.6 Å². The lowest BCUT2D eigenvalue weighted by Crippen LogP contribution is -2.45. The van der Waals surface area contributed by atoms with Gasteiger partial charge in [0.15, 0.2) is 0 Å². The Bertz CT molecular complexity index is 1080. The van der Waals surface area contributed by atoms with Gasteiger partial charge in [0.25, 0.3) is 0 Å². The van der Waals surface area contributed by atoms with Gasteiger partial charge in [-0.15, -0.1) is 0 Å². The molecule has 6 nitrogen and oxygen atoms in total. The summed E-state index contributed by atoms with van der Waals surface area (Å²) in [6.07, 6.45) is 1.77. The summed E-state index contributed by atoms with van der Waals surface area (Å²) in [6, 6.07) is 19.9. The zero-order valence-electron chi connectivity index (χ0n) is 17.9. The van der Waals surface area contributed by atoms with Gasteiger partial charge in [-0.1, -0.05) is 61.0 Å². The van der Waals surface area contributed by atoms with Crippen LogP contribution in [0.15, 0.2) is 66.9 Å². The third-order valence-corrected chi connectivity index (χ3v) is 6.14. The Morgan fingerprint density at radius 2 is 2.03 bits per heavy atom. The van der Waals surface area contributed by atoms with Gasteiger partial charge in [0.1, 0.15) is 5.82 Å². The molecule has 0 bridgehead atoms. The highest BCUT2D eigenvalue weighted by atomic mass is 35.5. The van der Waals surface area contributed by atoms with Gasteiger partial charge < -0.3 is 21.1 Å². The second-order valence-corrected chi connectivity index (χ2v) is 8.56. The Balaban J connectivity index is 1.52. The van der Waals surface area contributed by atoms with Gasteiger partial charge in [-0.05, 0) is 40.8 Å². The number of aromatic nitrogens is 1. The van der Waals surface area contributed by atoms with E-state index in [0.717, 1.165) is 29.2 Å². The highest BCUT2D eigenvalue weighted by Gasteiger charge is 2.28. The monoisotopic (exact) mass is 450 g/mol. The number of nitrogens with zero attached hydrogens (tertiary/aromatic N) is 1.